The van der Waals surface area contributed by atoms with Crippen LogP contribution in [0.25, 0.3) is 11.3 Å². The number of aromatic nitrogens is 1. The predicted molar refractivity (Wildman–Crippen MR) is 87.4 cm³/mol. The van der Waals surface area contributed by atoms with Crippen LogP contribution < -0.4 is 4.74 Å². The fourth-order valence-corrected chi connectivity index (χ4v) is 2.52. The first-order valence-electron chi connectivity index (χ1n) is 6.80. The molecule has 3 rings (SSSR count). The third-order valence-corrected chi connectivity index (χ3v) is 3.81. The van der Waals surface area contributed by atoms with E-state index in [1.54, 1.807) is 12.1 Å². The van der Waals surface area contributed by atoms with Crippen LogP contribution >= 0.6 is 15.9 Å². The molecule has 0 fully saturated rings. The van der Waals surface area contributed by atoms with E-state index in [0.717, 1.165) is 15.6 Å². The number of carbonyl (C=O) groups is 1. The maximum Gasteiger partial charge on any atom is 0.374 e. The van der Waals surface area contributed by atoms with Crippen LogP contribution in [0.5, 0.6) is 5.75 Å². The molecule has 3 aromatic rings. The van der Waals surface area contributed by atoms with Gasteiger partial charge in [0.25, 0.3) is 0 Å². The van der Waals surface area contributed by atoms with E-state index >= 15 is 0 Å². The van der Waals surface area contributed by atoms with Crippen molar-refractivity contribution >= 4 is 21.9 Å². The number of carboxylic acid groups (broad SMARTS) is 1. The Kier molecular flexibility index (Phi) is 4.43. The van der Waals surface area contributed by atoms with Gasteiger partial charge in [-0.3, -0.25) is 0 Å². The van der Waals surface area contributed by atoms with Crippen LogP contribution in [-0.2, 0) is 6.61 Å². The molecule has 116 valence electrons. The van der Waals surface area contributed by atoms with Gasteiger partial charge in [-0.2, -0.15) is 0 Å². The molecule has 0 radical (unpaired) electrons. The Labute approximate surface area is 140 Å². The van der Waals surface area contributed by atoms with Gasteiger partial charge in [0.15, 0.2) is 0 Å². The van der Waals surface area contributed by atoms with Gasteiger partial charge in [0.1, 0.15) is 18.1 Å². The topological polar surface area (TPSA) is 72.6 Å². The first-order valence-corrected chi connectivity index (χ1v) is 7.59. The molecule has 0 amide bonds. The molecule has 6 heteroatoms. The highest BCUT2D eigenvalue weighted by atomic mass is 79.9. The van der Waals surface area contributed by atoms with Crippen molar-refractivity contribution in [2.75, 3.05) is 0 Å². The number of carboxylic acids is 1. The summed E-state index contributed by atoms with van der Waals surface area (Å²) < 4.78 is 11.3. The molecule has 1 heterocycles. The molecule has 0 aliphatic heterocycles. The zero-order valence-electron chi connectivity index (χ0n) is 11.9. The van der Waals surface area contributed by atoms with E-state index < -0.39 is 5.97 Å². The molecule has 0 saturated carbocycles. The van der Waals surface area contributed by atoms with Gasteiger partial charge < -0.3 is 14.4 Å². The number of halogens is 1. The van der Waals surface area contributed by atoms with E-state index in [1.807, 2.05) is 36.4 Å². The van der Waals surface area contributed by atoms with Crippen LogP contribution in [0.2, 0.25) is 0 Å². The normalized spacial score (nSPS) is 10.5. The zero-order chi connectivity index (χ0) is 16.2. The summed E-state index contributed by atoms with van der Waals surface area (Å²) in [7, 11) is 0. The third-order valence-electron chi connectivity index (χ3n) is 3.19. The Morgan fingerprint density at radius 1 is 1.17 bits per heavy atom. The first kappa shape index (κ1) is 15.3. The quantitative estimate of drug-likeness (QED) is 0.718. The van der Waals surface area contributed by atoms with E-state index in [4.69, 9.17) is 14.4 Å². The smallest absolute Gasteiger partial charge is 0.374 e. The lowest BCUT2D eigenvalue weighted by Crippen LogP contribution is -1.95. The molecule has 0 aliphatic rings. The number of nitrogens with zero attached hydrogens (tertiary/aromatic N) is 1. The maximum atomic E-state index is 10.8. The Morgan fingerprint density at radius 2 is 1.96 bits per heavy atom. The SMILES string of the molecule is O=C(O)c1cc(-c2ccc(OCc3ccccc3)c(Br)c2)no1. The minimum Gasteiger partial charge on any atom is -0.488 e. The van der Waals surface area contributed by atoms with E-state index in [-0.39, 0.29) is 5.76 Å². The second kappa shape index (κ2) is 6.66. The number of benzene rings is 2. The lowest BCUT2D eigenvalue weighted by molar-refractivity contribution is 0.0652. The highest BCUT2D eigenvalue weighted by molar-refractivity contribution is 9.10. The van der Waals surface area contributed by atoms with Crippen molar-refractivity contribution in [3.8, 4) is 17.0 Å². The van der Waals surface area contributed by atoms with E-state index in [1.165, 1.54) is 6.07 Å². The highest BCUT2D eigenvalue weighted by Gasteiger charge is 2.13. The van der Waals surface area contributed by atoms with Crippen molar-refractivity contribution in [2.45, 2.75) is 6.61 Å². The molecule has 0 atom stereocenters. The molecule has 0 unspecified atom stereocenters. The molecule has 1 aromatic heterocycles. The second-order valence-electron chi connectivity index (χ2n) is 4.80. The van der Waals surface area contributed by atoms with Gasteiger partial charge in [0.05, 0.1) is 4.47 Å². The van der Waals surface area contributed by atoms with E-state index in [0.29, 0.717) is 18.1 Å². The molecule has 0 spiro atoms. The summed E-state index contributed by atoms with van der Waals surface area (Å²) >= 11 is 3.45. The van der Waals surface area contributed by atoms with Crippen molar-refractivity contribution in [3.63, 3.8) is 0 Å². The largest absolute Gasteiger partial charge is 0.488 e. The minimum atomic E-state index is -1.15. The summed E-state index contributed by atoms with van der Waals surface area (Å²) in [4.78, 5) is 10.8. The first-order chi connectivity index (χ1) is 11.1. The number of ether oxygens (including phenoxy) is 1. The number of rotatable bonds is 5. The summed E-state index contributed by atoms with van der Waals surface area (Å²) in [5, 5.41) is 12.6. The molecule has 0 bridgehead atoms. The Bertz CT molecular complexity index is 830. The standard InChI is InChI=1S/C17H12BrNO4/c18-13-8-12(14-9-16(17(20)21)23-19-14)6-7-15(13)22-10-11-4-2-1-3-5-11/h1-9H,10H2,(H,20,21). The molecule has 0 saturated heterocycles. The third kappa shape index (κ3) is 3.60. The molecule has 23 heavy (non-hydrogen) atoms. The summed E-state index contributed by atoms with van der Waals surface area (Å²) in [5.41, 5.74) is 2.27. The summed E-state index contributed by atoms with van der Waals surface area (Å²) in [6, 6.07) is 16.7. The average molecular weight is 374 g/mol. The maximum absolute atomic E-state index is 10.8. The van der Waals surface area contributed by atoms with Gasteiger partial charge in [-0.15, -0.1) is 0 Å². The monoisotopic (exact) mass is 373 g/mol. The lowest BCUT2D eigenvalue weighted by Gasteiger charge is -2.09. The molecule has 0 aliphatic carbocycles. The molecule has 5 nitrogen and oxygen atoms in total. The molecular formula is C17H12BrNO4. The minimum absolute atomic E-state index is 0.194. The number of hydrogen-bond donors (Lipinski definition) is 1. The van der Waals surface area contributed by atoms with Gasteiger partial charge in [-0.05, 0) is 39.7 Å². The fourth-order valence-electron chi connectivity index (χ4n) is 2.02. The second-order valence-corrected chi connectivity index (χ2v) is 5.66. The van der Waals surface area contributed by atoms with Gasteiger partial charge in [-0.25, -0.2) is 4.79 Å². The number of aromatic carboxylic acids is 1. The Balaban J connectivity index is 1.76. The van der Waals surface area contributed by atoms with Gasteiger partial charge >= 0.3 is 5.97 Å². The lowest BCUT2D eigenvalue weighted by atomic mass is 10.1. The van der Waals surface area contributed by atoms with Crippen molar-refractivity contribution in [1.29, 1.82) is 0 Å². The number of hydrogen-bond acceptors (Lipinski definition) is 4. The molecular weight excluding hydrogens is 362 g/mol. The fraction of sp³-hybridized carbons (Fsp3) is 0.0588. The summed E-state index contributed by atoms with van der Waals surface area (Å²) in [6.07, 6.45) is 0. The highest BCUT2D eigenvalue weighted by Crippen LogP contribution is 2.31. The van der Waals surface area contributed by atoms with Crippen LogP contribution in [0, 0.1) is 0 Å². The van der Waals surface area contributed by atoms with Crippen molar-refractivity contribution in [2.24, 2.45) is 0 Å². The van der Waals surface area contributed by atoms with Crippen molar-refractivity contribution < 1.29 is 19.2 Å². The Hall–Kier alpha value is -2.60. The van der Waals surface area contributed by atoms with Crippen LogP contribution in [0.4, 0.5) is 0 Å². The van der Waals surface area contributed by atoms with E-state index in [9.17, 15) is 4.79 Å². The van der Waals surface area contributed by atoms with E-state index in [2.05, 4.69) is 21.1 Å². The van der Waals surface area contributed by atoms with Crippen LogP contribution in [0.3, 0.4) is 0 Å². The van der Waals surface area contributed by atoms with Gasteiger partial charge in [0, 0.05) is 11.6 Å². The van der Waals surface area contributed by atoms with Crippen molar-refractivity contribution in [1.82, 2.24) is 5.16 Å². The summed E-state index contributed by atoms with van der Waals surface area (Å²) in [6.45, 7) is 0.464. The zero-order valence-corrected chi connectivity index (χ0v) is 13.5. The Morgan fingerprint density at radius 3 is 2.61 bits per heavy atom. The summed E-state index contributed by atoms with van der Waals surface area (Å²) in [5.74, 6) is -0.647. The van der Waals surface area contributed by atoms with Crippen LogP contribution in [0.1, 0.15) is 16.1 Å². The molecule has 1 N–H and O–H groups in total. The van der Waals surface area contributed by atoms with Gasteiger partial charge in [0.2, 0.25) is 5.76 Å². The van der Waals surface area contributed by atoms with Crippen LogP contribution in [-0.4, -0.2) is 16.2 Å². The average Bonchev–Trinajstić information content (AvgIpc) is 3.05. The predicted octanol–water partition coefficient (Wildman–Crippen LogP) is 4.38. The van der Waals surface area contributed by atoms with Gasteiger partial charge in [-0.1, -0.05) is 35.5 Å². The van der Waals surface area contributed by atoms with Crippen LogP contribution in [0.15, 0.2) is 63.6 Å². The van der Waals surface area contributed by atoms with Crippen molar-refractivity contribution in [3.05, 3.63) is 70.4 Å². The molecule has 2 aromatic carbocycles.